The van der Waals surface area contributed by atoms with Crippen LogP contribution in [0.2, 0.25) is 5.02 Å². The summed E-state index contributed by atoms with van der Waals surface area (Å²) < 4.78 is 5.91. The summed E-state index contributed by atoms with van der Waals surface area (Å²) in [5, 5.41) is 34.3. The molecule has 0 spiro atoms. The van der Waals surface area contributed by atoms with Gasteiger partial charge < -0.3 is 25.8 Å². The van der Waals surface area contributed by atoms with Crippen LogP contribution < -0.4 is 5.73 Å². The van der Waals surface area contributed by atoms with E-state index in [9.17, 15) is 24.9 Å². The van der Waals surface area contributed by atoms with Crippen LogP contribution in [0.1, 0.15) is 63.1 Å². The lowest BCUT2D eigenvalue weighted by molar-refractivity contribution is -0.157. The summed E-state index contributed by atoms with van der Waals surface area (Å²) >= 11 is 7.01. The molecule has 230 valence electrons. The van der Waals surface area contributed by atoms with E-state index in [1.807, 2.05) is 0 Å². The maximum atomic E-state index is 14.3. The number of carbonyl (C=O) groups is 2. The lowest BCUT2D eigenvalue weighted by Crippen LogP contribution is -2.63. The maximum Gasteiger partial charge on any atom is 0.248 e. The number of nitrogens with zero attached hydrogens (tertiary/aromatic N) is 2. The molecule has 1 aromatic carbocycles. The number of likely N-dealkylation sites (tertiary alicyclic amines) is 1. The van der Waals surface area contributed by atoms with Crippen LogP contribution in [-0.4, -0.2) is 82.7 Å². The molecule has 1 aliphatic heterocycles. The topological polar surface area (TPSA) is 137 Å². The number of aromatic hydroxyl groups is 1. The van der Waals surface area contributed by atoms with Crippen LogP contribution in [0.15, 0.2) is 23.0 Å². The van der Waals surface area contributed by atoms with E-state index in [0.717, 1.165) is 31.5 Å². The van der Waals surface area contributed by atoms with Crippen molar-refractivity contribution in [1.82, 2.24) is 9.80 Å². The Bertz CT molecular complexity index is 1370. The lowest BCUT2D eigenvalue weighted by Gasteiger charge is -2.53. The molecule has 1 saturated heterocycles. The molecular weight excluding hydrogens is 558 g/mol. The molecule has 9 nitrogen and oxygen atoms in total. The Hall–Kier alpha value is -2.59. The van der Waals surface area contributed by atoms with Gasteiger partial charge in [-0.15, -0.1) is 0 Å². The zero-order valence-electron chi connectivity index (χ0n) is 25.5. The first kappa shape index (κ1) is 30.9. The second kappa shape index (κ2) is 10.8. The van der Waals surface area contributed by atoms with Crippen molar-refractivity contribution in [2.75, 3.05) is 34.3 Å². The van der Waals surface area contributed by atoms with E-state index in [4.69, 9.17) is 22.1 Å². The van der Waals surface area contributed by atoms with Crippen LogP contribution in [0.25, 0.3) is 5.76 Å². The van der Waals surface area contributed by atoms with Crippen molar-refractivity contribution in [1.29, 1.82) is 0 Å². The molecular formula is C32H44ClN3O6. The molecule has 3 aliphatic carbocycles. The maximum absolute atomic E-state index is 14.3. The number of Topliss-reactive ketones (excluding diaryl/α,β-unsaturated/α-hetero) is 1. The third-order valence-electron chi connectivity index (χ3n) is 10.4. The number of primary amides is 1. The number of aliphatic hydroxyl groups is 2. The Kier molecular flexibility index (Phi) is 7.97. The van der Waals surface area contributed by atoms with E-state index in [1.165, 1.54) is 7.11 Å². The second-order valence-electron chi connectivity index (χ2n) is 13.9. The number of fused-ring (bicyclic) bond motifs is 3. The van der Waals surface area contributed by atoms with Gasteiger partial charge in [0.1, 0.15) is 22.9 Å². The third kappa shape index (κ3) is 4.82. The lowest BCUT2D eigenvalue weighted by atomic mass is 9.57. The predicted molar refractivity (Wildman–Crippen MR) is 161 cm³/mol. The van der Waals surface area contributed by atoms with E-state index in [0.29, 0.717) is 35.9 Å². The Balaban J connectivity index is 1.52. The highest BCUT2D eigenvalue weighted by atomic mass is 35.5. The number of methoxy groups -OCH3 is 1. The number of phenolic OH excluding ortho intramolecular Hbond substituents is 1. The molecule has 4 aliphatic rings. The first-order valence-electron chi connectivity index (χ1n) is 14.8. The molecule has 1 heterocycles. The monoisotopic (exact) mass is 601 g/mol. The van der Waals surface area contributed by atoms with Crippen LogP contribution in [0.4, 0.5) is 0 Å². The van der Waals surface area contributed by atoms with Crippen LogP contribution in [0.5, 0.6) is 5.75 Å². The van der Waals surface area contributed by atoms with Gasteiger partial charge in [-0.1, -0.05) is 32.4 Å². The molecule has 0 unspecified atom stereocenters. The normalized spacial score (nSPS) is 29.0. The quantitative estimate of drug-likeness (QED) is 0.391. The Morgan fingerprint density at radius 2 is 1.86 bits per heavy atom. The minimum absolute atomic E-state index is 0.0584. The molecule has 1 saturated carbocycles. The van der Waals surface area contributed by atoms with Crippen molar-refractivity contribution in [3.63, 3.8) is 0 Å². The van der Waals surface area contributed by atoms with E-state index in [-0.39, 0.29) is 45.8 Å². The molecule has 0 radical (unpaired) electrons. The third-order valence-corrected chi connectivity index (χ3v) is 10.8. The summed E-state index contributed by atoms with van der Waals surface area (Å²) in [6, 6.07) is 0.909. The van der Waals surface area contributed by atoms with Crippen molar-refractivity contribution < 1.29 is 29.6 Å². The van der Waals surface area contributed by atoms with Gasteiger partial charge in [-0.25, -0.2) is 0 Å². The fraction of sp³-hybridized carbons (Fsp3) is 0.625. The predicted octanol–water partition coefficient (Wildman–Crippen LogP) is 4.35. The fourth-order valence-corrected chi connectivity index (χ4v) is 8.33. The van der Waals surface area contributed by atoms with E-state index in [1.54, 1.807) is 25.1 Å². The van der Waals surface area contributed by atoms with Gasteiger partial charge in [0.25, 0.3) is 0 Å². The van der Waals surface area contributed by atoms with Gasteiger partial charge in [-0.05, 0) is 87.3 Å². The number of phenols is 1. The van der Waals surface area contributed by atoms with Gasteiger partial charge in [0.15, 0.2) is 5.78 Å². The number of likely N-dealkylation sites (N-methyl/N-ethyl adjacent to an activating group) is 1. The molecule has 0 aromatic heterocycles. The highest BCUT2D eigenvalue weighted by Crippen LogP contribution is 2.55. The van der Waals surface area contributed by atoms with Gasteiger partial charge in [0.2, 0.25) is 5.91 Å². The highest BCUT2D eigenvalue weighted by molar-refractivity contribution is 6.32. The average Bonchev–Trinajstić information content (AvgIpc) is 2.90. The zero-order valence-corrected chi connectivity index (χ0v) is 26.2. The SMILES string of the molecule is CO[C@@]12CC(C(N)=O)=C(O)[C@@H](N(C)C)[C@@H]1C[C@@H]1Cc3c(Cl)c(CN4CCC(C(C)(C)C)CC4)cc(O)c3C(O)=C1C2=O. The van der Waals surface area contributed by atoms with Crippen LogP contribution >= 0.6 is 11.6 Å². The smallest absolute Gasteiger partial charge is 0.248 e. The molecule has 5 N–H and O–H groups in total. The molecule has 4 atom stereocenters. The summed E-state index contributed by atoms with van der Waals surface area (Å²) in [4.78, 5) is 30.7. The van der Waals surface area contributed by atoms with Crippen molar-refractivity contribution in [3.8, 4) is 5.75 Å². The van der Waals surface area contributed by atoms with Crippen LogP contribution in [0.3, 0.4) is 0 Å². The number of carbonyl (C=O) groups excluding carboxylic acids is 2. The first-order valence-corrected chi connectivity index (χ1v) is 15.2. The average molecular weight is 602 g/mol. The molecule has 5 rings (SSSR count). The summed E-state index contributed by atoms with van der Waals surface area (Å²) in [5.74, 6) is -2.15. The molecule has 10 heteroatoms. The number of rotatable bonds is 5. The van der Waals surface area contributed by atoms with Gasteiger partial charge in [-0.3, -0.25) is 19.4 Å². The number of amides is 1. The molecule has 1 amide bonds. The van der Waals surface area contributed by atoms with Gasteiger partial charge in [0.05, 0.1) is 17.2 Å². The van der Waals surface area contributed by atoms with Crippen molar-refractivity contribution in [3.05, 3.63) is 44.7 Å². The standard InChI is InChI=1S/C32H44ClN3O6/c1-31(2,3)18-7-9-36(10-8-18)15-17-13-22(37)24-19(25(17)33)11-16-12-21-26(35(4)5)27(38)20(30(34)41)14-32(21,42-6)29(40)23(16)28(24)39/h13,16,18,21,26,37-39H,7-12,14-15H2,1-6H3,(H2,34,41)/t16-,21-,26-,32-/m0/s1. The Labute approximate surface area is 252 Å². The number of piperidine rings is 1. The van der Waals surface area contributed by atoms with E-state index in [2.05, 4.69) is 25.7 Å². The van der Waals surface area contributed by atoms with Gasteiger partial charge >= 0.3 is 0 Å². The number of hydrogen-bond acceptors (Lipinski definition) is 8. The molecule has 1 aromatic rings. The number of benzene rings is 1. The Morgan fingerprint density at radius 3 is 2.40 bits per heavy atom. The highest BCUT2D eigenvalue weighted by Gasteiger charge is 2.61. The zero-order chi connectivity index (χ0) is 30.9. The number of halogens is 1. The van der Waals surface area contributed by atoms with Gasteiger partial charge in [-0.2, -0.15) is 0 Å². The number of ether oxygens (including phenoxy) is 1. The second-order valence-corrected chi connectivity index (χ2v) is 14.3. The van der Waals surface area contributed by atoms with E-state index < -0.39 is 35.2 Å². The number of nitrogens with two attached hydrogens (primary N) is 1. The molecule has 0 bridgehead atoms. The van der Waals surface area contributed by atoms with Crippen LogP contribution in [-0.2, 0) is 27.3 Å². The number of aliphatic hydroxyl groups excluding tert-OH is 2. The molecule has 42 heavy (non-hydrogen) atoms. The summed E-state index contributed by atoms with van der Waals surface area (Å²) in [5.41, 5.74) is 6.06. The minimum Gasteiger partial charge on any atom is -0.510 e. The van der Waals surface area contributed by atoms with Crippen molar-refractivity contribution >= 4 is 29.1 Å². The first-order chi connectivity index (χ1) is 19.6. The van der Waals surface area contributed by atoms with Crippen molar-refractivity contribution in [2.24, 2.45) is 28.9 Å². The van der Waals surface area contributed by atoms with Crippen LogP contribution in [0, 0.1) is 23.2 Å². The van der Waals surface area contributed by atoms with Crippen molar-refractivity contribution in [2.45, 2.75) is 71.1 Å². The molecule has 2 fully saturated rings. The summed E-state index contributed by atoms with van der Waals surface area (Å²) in [6.07, 6.45) is 2.73. The summed E-state index contributed by atoms with van der Waals surface area (Å²) in [6.45, 7) is 9.34. The number of ketones is 1. The minimum atomic E-state index is -1.51. The largest absolute Gasteiger partial charge is 0.510 e. The Morgan fingerprint density at radius 1 is 1.21 bits per heavy atom. The van der Waals surface area contributed by atoms with Gasteiger partial charge in [0, 0.05) is 36.6 Å². The fourth-order valence-electron chi connectivity index (χ4n) is 8.04. The summed E-state index contributed by atoms with van der Waals surface area (Å²) in [7, 11) is 4.93. The number of hydrogen-bond donors (Lipinski definition) is 4. The van der Waals surface area contributed by atoms with E-state index >= 15 is 0 Å².